The van der Waals surface area contributed by atoms with Crippen molar-refractivity contribution in [2.45, 2.75) is 123 Å². The molecule has 1 unspecified atom stereocenters. The molecule has 0 aromatic heterocycles. The summed E-state index contributed by atoms with van der Waals surface area (Å²) in [4.78, 5) is 25.1. The van der Waals surface area contributed by atoms with Crippen LogP contribution in [0.15, 0.2) is 0 Å². The number of nitrogens with two attached hydrogens (primary N) is 1. The lowest BCUT2D eigenvalue weighted by Gasteiger charge is -2.38. The van der Waals surface area contributed by atoms with Gasteiger partial charge in [-0.1, -0.05) is 60.3 Å². The van der Waals surface area contributed by atoms with E-state index in [1.54, 1.807) is 0 Å². The molecule has 4 fully saturated rings. The topological polar surface area (TPSA) is 118 Å². The van der Waals surface area contributed by atoms with Crippen molar-refractivity contribution in [1.82, 2.24) is 5.32 Å². The Morgan fingerprint density at radius 2 is 1.76 bits per heavy atom. The van der Waals surface area contributed by atoms with Crippen LogP contribution < -0.4 is 11.1 Å². The van der Waals surface area contributed by atoms with Crippen molar-refractivity contribution in [2.75, 3.05) is 6.54 Å². The van der Waals surface area contributed by atoms with Gasteiger partial charge in [-0.05, 0) is 59.7 Å². The van der Waals surface area contributed by atoms with Crippen molar-refractivity contribution in [2.24, 2.45) is 39.2 Å². The standard InChI is InChI=1S/C27H47N3O4/c1-23(2,3)21(29-16-20(28)18-10-7-6-8-11-18)15-25(30(33)34)17-27(14-19(25)22(31)32)24(4,5)26(27)12-9-13-26/h18-21,29H,6-17,28H2,1-5H3,(H,31,32)/t19-,20-,21+,25?,27-/m1/s1. The van der Waals surface area contributed by atoms with Crippen LogP contribution in [0.4, 0.5) is 0 Å². The minimum absolute atomic E-state index is 0.0301. The third kappa shape index (κ3) is 3.63. The third-order valence-electron chi connectivity index (χ3n) is 11.4. The summed E-state index contributed by atoms with van der Waals surface area (Å²) in [5, 5.41) is 26.7. The highest BCUT2D eigenvalue weighted by molar-refractivity contribution is 5.73. The molecule has 4 aliphatic carbocycles. The second kappa shape index (κ2) is 8.43. The summed E-state index contributed by atoms with van der Waals surface area (Å²) in [6, 6.07) is -0.147. The summed E-state index contributed by atoms with van der Waals surface area (Å²) in [5.41, 5.74) is 4.72. The fourth-order valence-corrected chi connectivity index (χ4v) is 8.83. The van der Waals surface area contributed by atoms with Gasteiger partial charge in [-0.3, -0.25) is 14.9 Å². The Labute approximate surface area is 205 Å². The maximum atomic E-state index is 12.8. The van der Waals surface area contributed by atoms with E-state index in [9.17, 15) is 20.0 Å². The summed E-state index contributed by atoms with van der Waals surface area (Å²) >= 11 is 0. The van der Waals surface area contributed by atoms with Crippen molar-refractivity contribution in [3.8, 4) is 0 Å². The maximum absolute atomic E-state index is 12.8. The highest BCUT2D eigenvalue weighted by Gasteiger charge is 2.88. The fraction of sp³-hybridized carbons (Fsp3) is 0.963. The molecular weight excluding hydrogens is 430 g/mol. The highest BCUT2D eigenvalue weighted by Crippen LogP contribution is 2.91. The Morgan fingerprint density at radius 3 is 2.21 bits per heavy atom. The predicted octanol–water partition coefficient (Wildman–Crippen LogP) is 5.00. The monoisotopic (exact) mass is 477 g/mol. The van der Waals surface area contributed by atoms with E-state index in [2.05, 4.69) is 39.9 Å². The van der Waals surface area contributed by atoms with Crippen LogP contribution in [-0.2, 0) is 4.79 Å². The molecular formula is C27H47N3O4. The average molecular weight is 478 g/mol. The lowest BCUT2D eigenvalue weighted by molar-refractivity contribution is -0.578. The summed E-state index contributed by atoms with van der Waals surface area (Å²) in [6.45, 7) is 11.4. The SMILES string of the molecule is CC(C)(C)[C@H](CC1([N+](=O)[O-])C[C@]2(C[C@@H]1C(=O)O)C(C)(C)C21CCC1)NC[C@@H](N)C1CCCCC1. The van der Waals surface area contributed by atoms with Crippen LogP contribution in [0.2, 0.25) is 0 Å². The zero-order valence-corrected chi connectivity index (χ0v) is 22.0. The van der Waals surface area contributed by atoms with Gasteiger partial charge in [0.15, 0.2) is 0 Å². The first-order valence-corrected chi connectivity index (χ1v) is 13.6. The third-order valence-corrected chi connectivity index (χ3v) is 11.4. The smallest absolute Gasteiger partial charge is 0.313 e. The zero-order valence-electron chi connectivity index (χ0n) is 22.0. The number of carboxylic acid groups (broad SMARTS) is 1. The van der Waals surface area contributed by atoms with Crippen molar-refractivity contribution < 1.29 is 14.8 Å². The van der Waals surface area contributed by atoms with Gasteiger partial charge in [0, 0.05) is 36.4 Å². The number of nitrogens with zero attached hydrogens (tertiary/aromatic N) is 1. The van der Waals surface area contributed by atoms with Crippen molar-refractivity contribution in [1.29, 1.82) is 0 Å². The molecule has 4 saturated carbocycles. The normalized spacial score (nSPS) is 36.2. The summed E-state index contributed by atoms with van der Waals surface area (Å²) in [6.07, 6.45) is 10.4. The number of hydrogen-bond donors (Lipinski definition) is 3. The van der Waals surface area contributed by atoms with Gasteiger partial charge >= 0.3 is 5.97 Å². The second-order valence-electron chi connectivity index (χ2n) is 13.9. The number of rotatable bonds is 8. The maximum Gasteiger partial charge on any atom is 0.313 e. The molecule has 0 amide bonds. The second-order valence-corrected chi connectivity index (χ2v) is 13.9. The Bertz CT molecular complexity index is 811. The van der Waals surface area contributed by atoms with Crippen LogP contribution in [0, 0.1) is 43.6 Å². The van der Waals surface area contributed by atoms with E-state index in [-0.39, 0.29) is 45.1 Å². The van der Waals surface area contributed by atoms with Crippen LogP contribution in [0.1, 0.15) is 105 Å². The highest BCUT2D eigenvalue weighted by atomic mass is 16.6. The molecule has 7 nitrogen and oxygen atoms in total. The molecule has 0 aromatic carbocycles. The van der Waals surface area contributed by atoms with Crippen molar-refractivity contribution in [3.05, 3.63) is 10.1 Å². The lowest BCUT2D eigenvalue weighted by atomic mass is 9.72. The minimum Gasteiger partial charge on any atom is -0.481 e. The number of nitro groups is 1. The van der Waals surface area contributed by atoms with E-state index in [0.29, 0.717) is 25.3 Å². The number of carboxylic acids is 1. The molecule has 4 aliphatic rings. The van der Waals surface area contributed by atoms with Gasteiger partial charge in [0.05, 0.1) is 0 Å². The molecule has 0 bridgehead atoms. The quantitative estimate of drug-likeness (QED) is 0.334. The first kappa shape index (κ1) is 25.9. The number of hydrogen-bond acceptors (Lipinski definition) is 5. The number of aliphatic carboxylic acids is 1. The van der Waals surface area contributed by atoms with Gasteiger partial charge in [0.2, 0.25) is 5.54 Å². The molecule has 194 valence electrons. The fourth-order valence-electron chi connectivity index (χ4n) is 8.83. The summed E-state index contributed by atoms with van der Waals surface area (Å²) in [7, 11) is 0. The predicted molar refractivity (Wildman–Crippen MR) is 133 cm³/mol. The Balaban J connectivity index is 1.58. The van der Waals surface area contributed by atoms with Gasteiger partial charge in [0.25, 0.3) is 0 Å². The molecule has 2 spiro atoms. The number of nitrogens with one attached hydrogen (secondary N) is 1. The van der Waals surface area contributed by atoms with Crippen LogP contribution in [0.5, 0.6) is 0 Å². The minimum atomic E-state index is -1.44. The van der Waals surface area contributed by atoms with Crippen LogP contribution in [-0.4, -0.2) is 40.2 Å². The van der Waals surface area contributed by atoms with E-state index < -0.39 is 17.4 Å². The van der Waals surface area contributed by atoms with Gasteiger partial charge < -0.3 is 16.2 Å². The average Bonchev–Trinajstić information content (AvgIpc) is 2.97. The van der Waals surface area contributed by atoms with Gasteiger partial charge in [-0.2, -0.15) is 0 Å². The molecule has 4 N–H and O–H groups in total. The van der Waals surface area contributed by atoms with Gasteiger partial charge in [0.1, 0.15) is 5.92 Å². The van der Waals surface area contributed by atoms with Crippen molar-refractivity contribution in [3.63, 3.8) is 0 Å². The van der Waals surface area contributed by atoms with E-state index in [0.717, 1.165) is 32.1 Å². The molecule has 0 aliphatic heterocycles. The molecule has 0 saturated heterocycles. The number of carbonyl (C=O) groups is 1. The zero-order chi connectivity index (χ0) is 25.2. The lowest BCUT2D eigenvalue weighted by Crippen LogP contribution is -2.55. The molecule has 34 heavy (non-hydrogen) atoms. The van der Waals surface area contributed by atoms with Crippen molar-refractivity contribution >= 4 is 5.97 Å². The summed E-state index contributed by atoms with van der Waals surface area (Å²) < 4.78 is 0. The number of fused-ring (bicyclic) bond motifs is 1. The van der Waals surface area contributed by atoms with E-state index >= 15 is 0 Å². The van der Waals surface area contributed by atoms with E-state index in [4.69, 9.17) is 5.73 Å². The molecule has 0 radical (unpaired) electrons. The first-order chi connectivity index (χ1) is 15.7. The van der Waals surface area contributed by atoms with E-state index in [1.807, 2.05) is 0 Å². The molecule has 7 heteroatoms. The van der Waals surface area contributed by atoms with E-state index in [1.165, 1.54) is 19.3 Å². The molecule has 5 atom stereocenters. The Morgan fingerprint density at radius 1 is 1.15 bits per heavy atom. The Kier molecular flexibility index (Phi) is 6.41. The summed E-state index contributed by atoms with van der Waals surface area (Å²) in [5.74, 6) is -1.45. The van der Waals surface area contributed by atoms with Gasteiger partial charge in [-0.15, -0.1) is 0 Å². The van der Waals surface area contributed by atoms with Crippen LogP contribution >= 0.6 is 0 Å². The van der Waals surface area contributed by atoms with Crippen LogP contribution in [0.25, 0.3) is 0 Å². The van der Waals surface area contributed by atoms with Crippen LogP contribution in [0.3, 0.4) is 0 Å². The van der Waals surface area contributed by atoms with Gasteiger partial charge in [-0.25, -0.2) is 0 Å². The largest absolute Gasteiger partial charge is 0.481 e. The first-order valence-electron chi connectivity index (χ1n) is 13.6. The Hall–Kier alpha value is -1.21. The molecule has 4 rings (SSSR count). The molecule has 0 heterocycles. The molecule has 0 aromatic rings.